The fraction of sp³-hybridized carbons (Fsp3) is 0.348. The van der Waals surface area contributed by atoms with Gasteiger partial charge in [0.1, 0.15) is 29.5 Å². The molecule has 0 spiro atoms. The first-order chi connectivity index (χ1) is 14.7. The molecule has 1 N–H and O–H groups in total. The molecule has 2 aromatic carbocycles. The van der Waals surface area contributed by atoms with Gasteiger partial charge in [-0.3, -0.25) is 9.69 Å². The fourth-order valence-corrected chi connectivity index (χ4v) is 3.72. The van der Waals surface area contributed by atoms with E-state index in [1.54, 1.807) is 14.2 Å². The van der Waals surface area contributed by atoms with Crippen LogP contribution in [0.4, 0.5) is 0 Å². The van der Waals surface area contributed by atoms with Gasteiger partial charge >= 0.3 is 0 Å². The zero-order valence-electron chi connectivity index (χ0n) is 17.4. The van der Waals surface area contributed by atoms with Crippen LogP contribution in [0.3, 0.4) is 0 Å². The zero-order valence-corrected chi connectivity index (χ0v) is 17.4. The van der Waals surface area contributed by atoms with E-state index >= 15 is 0 Å². The second kappa shape index (κ2) is 9.09. The van der Waals surface area contributed by atoms with Gasteiger partial charge in [-0.05, 0) is 36.4 Å². The van der Waals surface area contributed by atoms with Crippen molar-refractivity contribution in [2.45, 2.75) is 0 Å². The van der Waals surface area contributed by atoms with Crippen molar-refractivity contribution in [2.75, 3.05) is 53.6 Å². The predicted molar refractivity (Wildman–Crippen MR) is 116 cm³/mol. The van der Waals surface area contributed by atoms with Crippen molar-refractivity contribution in [3.8, 4) is 17.2 Å². The summed E-state index contributed by atoms with van der Waals surface area (Å²) in [5.74, 6) is 2.42. The smallest absolute Gasteiger partial charge is 0.270 e. The Bertz CT molecular complexity index is 991. The molecular formula is C23H27N3O4. The van der Waals surface area contributed by atoms with E-state index in [4.69, 9.17) is 14.2 Å². The van der Waals surface area contributed by atoms with Gasteiger partial charge in [-0.15, -0.1) is 0 Å². The summed E-state index contributed by atoms with van der Waals surface area (Å²) >= 11 is 0. The van der Waals surface area contributed by atoms with Crippen LogP contribution in [0.15, 0.2) is 48.5 Å². The molecule has 7 nitrogen and oxygen atoms in total. The number of fused-ring (bicyclic) bond motifs is 1. The van der Waals surface area contributed by atoms with E-state index in [1.165, 1.54) is 0 Å². The summed E-state index contributed by atoms with van der Waals surface area (Å²) in [6.07, 6.45) is 0. The summed E-state index contributed by atoms with van der Waals surface area (Å²) < 4.78 is 16.3. The summed E-state index contributed by atoms with van der Waals surface area (Å²) in [4.78, 5) is 20.4. The molecule has 0 saturated carbocycles. The lowest BCUT2D eigenvalue weighted by Crippen LogP contribution is -2.49. The van der Waals surface area contributed by atoms with Crippen LogP contribution in [0.5, 0.6) is 17.2 Å². The van der Waals surface area contributed by atoms with Crippen LogP contribution >= 0.6 is 0 Å². The Labute approximate surface area is 176 Å². The molecule has 4 rings (SSSR count). The number of rotatable bonds is 7. The SMILES string of the molecule is COc1ccc(OCCN2CCN(C(=O)c3cc4cccc(OC)c4[nH]3)CC2)cc1. The summed E-state index contributed by atoms with van der Waals surface area (Å²) in [5.41, 5.74) is 1.46. The fourth-order valence-electron chi connectivity index (χ4n) is 3.72. The Morgan fingerprint density at radius 1 is 0.967 bits per heavy atom. The molecule has 1 aromatic heterocycles. The molecule has 0 unspecified atom stereocenters. The van der Waals surface area contributed by atoms with Crippen molar-refractivity contribution in [3.05, 3.63) is 54.2 Å². The van der Waals surface area contributed by atoms with Crippen molar-refractivity contribution < 1.29 is 19.0 Å². The predicted octanol–water partition coefficient (Wildman–Crippen LogP) is 3.02. The van der Waals surface area contributed by atoms with Crippen LogP contribution in [-0.2, 0) is 0 Å². The molecule has 7 heteroatoms. The van der Waals surface area contributed by atoms with Crippen LogP contribution in [0.25, 0.3) is 10.9 Å². The number of carbonyl (C=O) groups excluding carboxylic acids is 1. The molecule has 1 aliphatic heterocycles. The van der Waals surface area contributed by atoms with E-state index in [1.807, 2.05) is 53.4 Å². The zero-order chi connectivity index (χ0) is 20.9. The number of hydrogen-bond donors (Lipinski definition) is 1. The molecule has 0 bridgehead atoms. The van der Waals surface area contributed by atoms with Crippen LogP contribution in [-0.4, -0.2) is 74.2 Å². The van der Waals surface area contributed by atoms with Gasteiger partial charge in [0.2, 0.25) is 0 Å². The highest BCUT2D eigenvalue weighted by Crippen LogP contribution is 2.26. The quantitative estimate of drug-likeness (QED) is 0.650. The second-order valence-corrected chi connectivity index (χ2v) is 7.27. The van der Waals surface area contributed by atoms with E-state index in [0.717, 1.165) is 47.8 Å². The van der Waals surface area contributed by atoms with Crippen molar-refractivity contribution in [1.29, 1.82) is 0 Å². The number of nitrogens with zero attached hydrogens (tertiary/aromatic N) is 2. The maximum absolute atomic E-state index is 12.9. The number of benzene rings is 2. The molecular weight excluding hydrogens is 382 g/mol. The average molecular weight is 409 g/mol. The third-order valence-electron chi connectivity index (χ3n) is 5.46. The first-order valence-electron chi connectivity index (χ1n) is 10.1. The van der Waals surface area contributed by atoms with E-state index in [-0.39, 0.29) is 5.91 Å². The molecule has 0 aliphatic carbocycles. The lowest BCUT2D eigenvalue weighted by molar-refractivity contribution is 0.0615. The van der Waals surface area contributed by atoms with E-state index in [9.17, 15) is 4.79 Å². The van der Waals surface area contributed by atoms with Gasteiger partial charge in [-0.25, -0.2) is 0 Å². The lowest BCUT2D eigenvalue weighted by atomic mass is 10.2. The summed E-state index contributed by atoms with van der Waals surface area (Å²) in [6.45, 7) is 4.52. The minimum Gasteiger partial charge on any atom is -0.497 e. The standard InChI is InChI=1S/C23H27N3O4/c1-28-18-6-8-19(9-7-18)30-15-14-25-10-12-26(13-11-25)23(27)20-16-17-4-3-5-21(29-2)22(17)24-20/h3-9,16,24H,10-15H2,1-2H3. The minimum atomic E-state index is 0.0300. The molecule has 3 aromatic rings. The Kier molecular flexibility index (Phi) is 6.09. The molecule has 1 saturated heterocycles. The Morgan fingerprint density at radius 3 is 2.40 bits per heavy atom. The molecule has 0 atom stereocenters. The number of aromatic amines is 1. The number of aromatic nitrogens is 1. The van der Waals surface area contributed by atoms with Gasteiger partial charge in [0.15, 0.2) is 0 Å². The number of para-hydroxylation sites is 1. The van der Waals surface area contributed by atoms with Crippen LogP contribution in [0.2, 0.25) is 0 Å². The van der Waals surface area contributed by atoms with Crippen LogP contribution < -0.4 is 14.2 Å². The Morgan fingerprint density at radius 2 is 1.70 bits per heavy atom. The molecule has 158 valence electrons. The van der Waals surface area contributed by atoms with Gasteiger partial charge in [-0.1, -0.05) is 12.1 Å². The maximum Gasteiger partial charge on any atom is 0.270 e. The first kappa shape index (κ1) is 20.1. The molecule has 0 radical (unpaired) electrons. The normalized spacial score (nSPS) is 14.7. The topological polar surface area (TPSA) is 67.0 Å². The highest BCUT2D eigenvalue weighted by Gasteiger charge is 2.23. The van der Waals surface area contributed by atoms with Crippen LogP contribution in [0, 0.1) is 0 Å². The van der Waals surface area contributed by atoms with E-state index in [2.05, 4.69) is 9.88 Å². The largest absolute Gasteiger partial charge is 0.497 e. The summed E-state index contributed by atoms with van der Waals surface area (Å²) in [5, 5.41) is 0.979. The van der Waals surface area contributed by atoms with E-state index < -0.39 is 0 Å². The first-order valence-corrected chi connectivity index (χ1v) is 10.1. The Balaban J connectivity index is 1.27. The summed E-state index contributed by atoms with van der Waals surface area (Å²) in [7, 11) is 3.28. The van der Waals surface area contributed by atoms with Crippen molar-refractivity contribution in [1.82, 2.24) is 14.8 Å². The molecule has 30 heavy (non-hydrogen) atoms. The summed E-state index contributed by atoms with van der Waals surface area (Å²) in [6, 6.07) is 15.3. The molecule has 1 aliphatic rings. The van der Waals surface area contributed by atoms with Gasteiger partial charge in [-0.2, -0.15) is 0 Å². The number of hydrogen-bond acceptors (Lipinski definition) is 5. The molecule has 1 amide bonds. The monoisotopic (exact) mass is 409 g/mol. The number of piperazine rings is 1. The number of ether oxygens (including phenoxy) is 3. The highest BCUT2D eigenvalue weighted by atomic mass is 16.5. The average Bonchev–Trinajstić information content (AvgIpc) is 3.24. The third-order valence-corrected chi connectivity index (χ3v) is 5.46. The number of amides is 1. The van der Waals surface area contributed by atoms with E-state index in [0.29, 0.717) is 25.4 Å². The molecule has 1 fully saturated rings. The number of nitrogens with one attached hydrogen (secondary N) is 1. The highest BCUT2D eigenvalue weighted by molar-refractivity contribution is 5.99. The Hall–Kier alpha value is -3.19. The second-order valence-electron chi connectivity index (χ2n) is 7.27. The maximum atomic E-state index is 12.9. The molecule has 2 heterocycles. The lowest BCUT2D eigenvalue weighted by Gasteiger charge is -2.34. The van der Waals surface area contributed by atoms with Crippen molar-refractivity contribution >= 4 is 16.8 Å². The number of methoxy groups -OCH3 is 2. The van der Waals surface area contributed by atoms with Gasteiger partial charge < -0.3 is 24.1 Å². The van der Waals surface area contributed by atoms with Crippen molar-refractivity contribution in [3.63, 3.8) is 0 Å². The third kappa shape index (κ3) is 4.36. The number of carbonyl (C=O) groups is 1. The van der Waals surface area contributed by atoms with Gasteiger partial charge in [0.05, 0.1) is 19.7 Å². The minimum absolute atomic E-state index is 0.0300. The van der Waals surface area contributed by atoms with Crippen LogP contribution in [0.1, 0.15) is 10.5 Å². The van der Waals surface area contributed by atoms with Gasteiger partial charge in [0, 0.05) is 38.1 Å². The van der Waals surface area contributed by atoms with Gasteiger partial charge in [0.25, 0.3) is 5.91 Å². The van der Waals surface area contributed by atoms with Crippen molar-refractivity contribution in [2.24, 2.45) is 0 Å². The number of H-pyrrole nitrogens is 1.